The first-order valence-electron chi connectivity index (χ1n) is 7.35. The molecule has 0 saturated heterocycles. The highest BCUT2D eigenvalue weighted by Gasteiger charge is 2.21. The first kappa shape index (κ1) is 18.6. The third kappa shape index (κ3) is 5.37. The van der Waals surface area contributed by atoms with Crippen molar-refractivity contribution >= 4 is 23.5 Å². The Labute approximate surface area is 136 Å². The van der Waals surface area contributed by atoms with Gasteiger partial charge in [0.05, 0.1) is 12.6 Å². The normalized spacial score (nSPS) is 11.7. The van der Waals surface area contributed by atoms with E-state index in [0.717, 1.165) is 16.8 Å². The van der Waals surface area contributed by atoms with Crippen LogP contribution in [0.3, 0.4) is 0 Å². The Morgan fingerprint density at radius 1 is 1.22 bits per heavy atom. The summed E-state index contributed by atoms with van der Waals surface area (Å²) in [4.78, 5) is 36.7. The maximum Gasteiger partial charge on any atom is 0.321 e. The van der Waals surface area contributed by atoms with Crippen LogP contribution in [0.25, 0.3) is 0 Å². The molecule has 126 valence electrons. The summed E-state index contributed by atoms with van der Waals surface area (Å²) < 4.78 is 0. The average molecular weight is 320 g/mol. The van der Waals surface area contributed by atoms with Gasteiger partial charge in [-0.05, 0) is 45.0 Å². The molecule has 0 aliphatic heterocycles. The lowest BCUT2D eigenvalue weighted by molar-refractivity contribution is -0.125. The summed E-state index contributed by atoms with van der Waals surface area (Å²) in [5.74, 6) is -0.688. The van der Waals surface area contributed by atoms with Crippen molar-refractivity contribution in [2.45, 2.75) is 26.8 Å². The number of nitrogens with one attached hydrogen (secondary N) is 3. The Kier molecular flexibility index (Phi) is 6.71. The second kappa shape index (κ2) is 8.28. The van der Waals surface area contributed by atoms with Crippen LogP contribution in [0, 0.1) is 13.8 Å². The fraction of sp³-hybridized carbons (Fsp3) is 0.438. The monoisotopic (exact) mass is 320 g/mol. The maximum absolute atomic E-state index is 12.1. The SMILES string of the molecule is CNC(=O)NC(=O)[C@H](C)N(C)CC(=O)Nc1cccc(C)c1C. The minimum atomic E-state index is -0.614. The third-order valence-corrected chi connectivity index (χ3v) is 3.78. The van der Waals surface area contributed by atoms with Gasteiger partial charge in [0.15, 0.2) is 0 Å². The van der Waals surface area contributed by atoms with Crippen LogP contribution in [0.1, 0.15) is 18.1 Å². The molecule has 0 bridgehead atoms. The predicted octanol–water partition coefficient (Wildman–Crippen LogP) is 1.02. The molecular weight excluding hydrogens is 296 g/mol. The predicted molar refractivity (Wildman–Crippen MR) is 89.2 cm³/mol. The van der Waals surface area contributed by atoms with E-state index < -0.39 is 18.0 Å². The van der Waals surface area contributed by atoms with E-state index in [-0.39, 0.29) is 12.5 Å². The van der Waals surface area contributed by atoms with Crippen LogP contribution in [-0.4, -0.2) is 49.4 Å². The number of carbonyl (C=O) groups excluding carboxylic acids is 3. The van der Waals surface area contributed by atoms with Crippen molar-refractivity contribution in [3.63, 3.8) is 0 Å². The molecule has 1 rings (SSSR count). The standard InChI is InChI=1S/C16H24N4O3/c1-10-7-6-8-13(11(10)2)18-14(21)9-20(5)12(3)15(22)19-16(23)17-4/h6-8,12H,9H2,1-5H3,(H,18,21)(H2,17,19,22,23)/t12-/m0/s1. The summed E-state index contributed by atoms with van der Waals surface area (Å²) in [6.07, 6.45) is 0. The van der Waals surface area contributed by atoms with Crippen molar-refractivity contribution in [1.82, 2.24) is 15.5 Å². The Hall–Kier alpha value is -2.41. The third-order valence-electron chi connectivity index (χ3n) is 3.78. The first-order valence-corrected chi connectivity index (χ1v) is 7.35. The van der Waals surface area contributed by atoms with Crippen LogP contribution < -0.4 is 16.0 Å². The second-order valence-corrected chi connectivity index (χ2v) is 5.46. The van der Waals surface area contributed by atoms with Crippen molar-refractivity contribution in [3.05, 3.63) is 29.3 Å². The lowest BCUT2D eigenvalue weighted by Crippen LogP contribution is -2.49. The summed E-state index contributed by atoms with van der Waals surface area (Å²) in [5, 5.41) is 7.33. The van der Waals surface area contributed by atoms with E-state index in [2.05, 4.69) is 16.0 Å². The number of hydrogen-bond acceptors (Lipinski definition) is 4. The Morgan fingerprint density at radius 3 is 2.48 bits per heavy atom. The van der Waals surface area contributed by atoms with Crippen molar-refractivity contribution < 1.29 is 14.4 Å². The number of rotatable bonds is 5. The van der Waals surface area contributed by atoms with Crippen LogP contribution in [0.4, 0.5) is 10.5 Å². The number of imide groups is 1. The summed E-state index contributed by atoms with van der Waals surface area (Å²) in [6, 6.07) is 4.50. The minimum Gasteiger partial charge on any atom is -0.341 e. The van der Waals surface area contributed by atoms with Gasteiger partial charge in [-0.3, -0.25) is 19.8 Å². The number of carbonyl (C=O) groups is 3. The molecule has 0 fully saturated rings. The molecule has 1 atom stereocenters. The van der Waals surface area contributed by atoms with E-state index in [4.69, 9.17) is 0 Å². The number of aryl methyl sites for hydroxylation is 1. The molecule has 23 heavy (non-hydrogen) atoms. The molecule has 0 saturated carbocycles. The molecule has 0 aromatic heterocycles. The van der Waals surface area contributed by atoms with E-state index >= 15 is 0 Å². The Morgan fingerprint density at radius 2 is 1.87 bits per heavy atom. The topological polar surface area (TPSA) is 90.5 Å². The van der Waals surface area contributed by atoms with Crippen molar-refractivity contribution in [2.24, 2.45) is 0 Å². The van der Waals surface area contributed by atoms with Crippen molar-refractivity contribution in [3.8, 4) is 0 Å². The molecule has 0 spiro atoms. The van der Waals surface area contributed by atoms with Crippen LogP contribution in [0.2, 0.25) is 0 Å². The van der Waals surface area contributed by atoms with Crippen LogP contribution in [0.5, 0.6) is 0 Å². The zero-order chi connectivity index (χ0) is 17.6. The summed E-state index contributed by atoms with van der Waals surface area (Å²) in [5.41, 5.74) is 2.86. The van der Waals surface area contributed by atoms with Gasteiger partial charge in [-0.1, -0.05) is 12.1 Å². The molecule has 3 N–H and O–H groups in total. The van der Waals surface area contributed by atoms with E-state index in [1.165, 1.54) is 7.05 Å². The van der Waals surface area contributed by atoms with E-state index in [0.29, 0.717) is 0 Å². The number of anilines is 1. The maximum atomic E-state index is 12.1. The molecule has 0 unspecified atom stereocenters. The van der Waals surface area contributed by atoms with Gasteiger partial charge in [-0.25, -0.2) is 4.79 Å². The molecule has 7 nitrogen and oxygen atoms in total. The van der Waals surface area contributed by atoms with E-state index in [9.17, 15) is 14.4 Å². The highest BCUT2D eigenvalue weighted by molar-refractivity contribution is 5.97. The van der Waals surface area contributed by atoms with Crippen LogP contribution in [-0.2, 0) is 9.59 Å². The number of benzene rings is 1. The quantitative estimate of drug-likeness (QED) is 0.755. The fourth-order valence-electron chi connectivity index (χ4n) is 1.92. The number of hydrogen-bond donors (Lipinski definition) is 3. The van der Waals surface area contributed by atoms with Gasteiger partial charge in [-0.15, -0.1) is 0 Å². The highest BCUT2D eigenvalue weighted by Crippen LogP contribution is 2.17. The molecule has 0 aliphatic carbocycles. The fourth-order valence-corrected chi connectivity index (χ4v) is 1.92. The molecule has 1 aromatic rings. The minimum absolute atomic E-state index is 0.0374. The van der Waals surface area contributed by atoms with Gasteiger partial charge in [0.25, 0.3) is 0 Å². The summed E-state index contributed by atoms with van der Waals surface area (Å²) >= 11 is 0. The summed E-state index contributed by atoms with van der Waals surface area (Å²) in [6.45, 7) is 5.58. The van der Waals surface area contributed by atoms with Gasteiger partial charge < -0.3 is 10.6 Å². The van der Waals surface area contributed by atoms with E-state index in [1.807, 2.05) is 32.0 Å². The van der Waals surface area contributed by atoms with E-state index in [1.54, 1.807) is 18.9 Å². The van der Waals surface area contributed by atoms with Gasteiger partial charge in [0.1, 0.15) is 0 Å². The highest BCUT2D eigenvalue weighted by atomic mass is 16.2. The smallest absolute Gasteiger partial charge is 0.321 e. The summed E-state index contributed by atoms with van der Waals surface area (Å²) in [7, 11) is 3.07. The molecule has 4 amide bonds. The zero-order valence-corrected chi connectivity index (χ0v) is 14.2. The molecular formula is C16H24N4O3. The zero-order valence-electron chi connectivity index (χ0n) is 14.2. The lowest BCUT2D eigenvalue weighted by atomic mass is 10.1. The average Bonchev–Trinajstić information content (AvgIpc) is 2.50. The van der Waals surface area contributed by atoms with Crippen LogP contribution >= 0.6 is 0 Å². The van der Waals surface area contributed by atoms with Gasteiger partial charge in [-0.2, -0.15) is 0 Å². The second-order valence-electron chi connectivity index (χ2n) is 5.46. The van der Waals surface area contributed by atoms with Crippen molar-refractivity contribution in [2.75, 3.05) is 26.0 Å². The van der Waals surface area contributed by atoms with Gasteiger partial charge in [0, 0.05) is 12.7 Å². The van der Waals surface area contributed by atoms with Crippen LogP contribution in [0.15, 0.2) is 18.2 Å². The largest absolute Gasteiger partial charge is 0.341 e. The Bertz CT molecular complexity index is 601. The number of urea groups is 1. The molecule has 0 heterocycles. The molecule has 1 aromatic carbocycles. The number of likely N-dealkylation sites (N-methyl/N-ethyl adjacent to an activating group) is 1. The van der Waals surface area contributed by atoms with Gasteiger partial charge >= 0.3 is 6.03 Å². The van der Waals surface area contributed by atoms with Gasteiger partial charge in [0.2, 0.25) is 11.8 Å². The molecule has 0 aliphatic rings. The Balaban J connectivity index is 2.61. The molecule has 7 heteroatoms. The number of amides is 4. The number of nitrogens with zero attached hydrogens (tertiary/aromatic N) is 1. The van der Waals surface area contributed by atoms with Crippen molar-refractivity contribution in [1.29, 1.82) is 0 Å². The molecule has 0 radical (unpaired) electrons. The first-order chi connectivity index (χ1) is 10.8. The lowest BCUT2D eigenvalue weighted by Gasteiger charge is -2.23.